The van der Waals surface area contributed by atoms with E-state index in [2.05, 4.69) is 4.90 Å². The van der Waals surface area contributed by atoms with Crippen LogP contribution >= 0.6 is 0 Å². The molecule has 0 spiro atoms. The van der Waals surface area contributed by atoms with E-state index in [4.69, 9.17) is 4.74 Å². The van der Waals surface area contributed by atoms with E-state index in [0.29, 0.717) is 26.2 Å². The molecule has 1 aliphatic heterocycles. The van der Waals surface area contributed by atoms with E-state index in [0.717, 1.165) is 11.3 Å². The third-order valence-electron chi connectivity index (χ3n) is 4.27. The molecule has 1 fully saturated rings. The number of ether oxygens (including phenoxy) is 1. The Morgan fingerprint density at radius 1 is 1.26 bits per heavy atom. The molecule has 0 bridgehead atoms. The molecule has 0 aromatic heterocycles. The van der Waals surface area contributed by atoms with E-state index in [9.17, 15) is 9.59 Å². The average molecular weight is 319 g/mol. The molecule has 1 aromatic carbocycles. The summed E-state index contributed by atoms with van der Waals surface area (Å²) in [6.07, 6.45) is 0. The van der Waals surface area contributed by atoms with Crippen molar-refractivity contribution >= 4 is 11.8 Å². The molecule has 1 heterocycles. The second-order valence-corrected chi connectivity index (χ2v) is 5.98. The molecular formula is C17H25N3O3. The standard InChI is InChI=1S/C17H25N3O3/c1-13(21)19-9-10-20(12-17(22)18(2)3)15(11-19)14-7-5-6-8-16(14)23-4/h5-8,15H,9-12H2,1-4H3/t15-/m0/s1. The highest BCUT2D eigenvalue weighted by Gasteiger charge is 2.32. The summed E-state index contributed by atoms with van der Waals surface area (Å²) >= 11 is 0. The van der Waals surface area contributed by atoms with Crippen molar-refractivity contribution in [2.75, 3.05) is 47.4 Å². The van der Waals surface area contributed by atoms with Crippen molar-refractivity contribution in [3.8, 4) is 5.75 Å². The van der Waals surface area contributed by atoms with Gasteiger partial charge < -0.3 is 14.5 Å². The summed E-state index contributed by atoms with van der Waals surface area (Å²) in [4.78, 5) is 29.4. The number of benzene rings is 1. The zero-order valence-electron chi connectivity index (χ0n) is 14.3. The van der Waals surface area contributed by atoms with Crippen LogP contribution in [-0.2, 0) is 9.59 Å². The molecule has 2 amide bonds. The molecule has 6 heteroatoms. The zero-order chi connectivity index (χ0) is 17.0. The highest BCUT2D eigenvalue weighted by molar-refractivity contribution is 5.78. The molecule has 126 valence electrons. The number of nitrogens with zero attached hydrogens (tertiary/aromatic N) is 3. The Labute approximate surface area is 137 Å². The first-order chi connectivity index (χ1) is 10.9. The van der Waals surface area contributed by atoms with Gasteiger partial charge in [0.1, 0.15) is 5.75 Å². The molecule has 0 aliphatic carbocycles. The maximum Gasteiger partial charge on any atom is 0.236 e. The molecule has 1 aliphatic rings. The number of piperazine rings is 1. The number of hydrogen-bond donors (Lipinski definition) is 0. The Kier molecular flexibility index (Phi) is 5.60. The summed E-state index contributed by atoms with van der Waals surface area (Å²) in [5.74, 6) is 0.898. The van der Waals surface area contributed by atoms with Gasteiger partial charge in [0, 0.05) is 46.2 Å². The number of para-hydroxylation sites is 1. The van der Waals surface area contributed by atoms with Gasteiger partial charge in [0.25, 0.3) is 0 Å². The third-order valence-corrected chi connectivity index (χ3v) is 4.27. The van der Waals surface area contributed by atoms with Gasteiger partial charge in [-0.2, -0.15) is 0 Å². The molecular weight excluding hydrogens is 294 g/mol. The van der Waals surface area contributed by atoms with E-state index in [1.807, 2.05) is 29.2 Å². The van der Waals surface area contributed by atoms with E-state index in [-0.39, 0.29) is 17.9 Å². The highest BCUT2D eigenvalue weighted by atomic mass is 16.5. The van der Waals surface area contributed by atoms with Gasteiger partial charge in [-0.3, -0.25) is 14.5 Å². The topological polar surface area (TPSA) is 53.1 Å². The molecule has 0 N–H and O–H groups in total. The van der Waals surface area contributed by atoms with Crippen LogP contribution in [-0.4, -0.2) is 73.9 Å². The summed E-state index contributed by atoms with van der Waals surface area (Å²) in [7, 11) is 5.15. The van der Waals surface area contributed by atoms with Crippen LogP contribution in [0.15, 0.2) is 24.3 Å². The van der Waals surface area contributed by atoms with Gasteiger partial charge in [-0.1, -0.05) is 18.2 Å². The molecule has 23 heavy (non-hydrogen) atoms. The van der Waals surface area contributed by atoms with Crippen molar-refractivity contribution in [3.63, 3.8) is 0 Å². The lowest BCUT2D eigenvalue weighted by Gasteiger charge is -2.41. The Hall–Kier alpha value is -2.08. The quantitative estimate of drug-likeness (QED) is 0.830. The summed E-state index contributed by atoms with van der Waals surface area (Å²) in [6.45, 7) is 3.79. The van der Waals surface area contributed by atoms with Gasteiger partial charge in [0.2, 0.25) is 11.8 Å². The van der Waals surface area contributed by atoms with Crippen molar-refractivity contribution < 1.29 is 14.3 Å². The number of methoxy groups -OCH3 is 1. The summed E-state index contributed by atoms with van der Waals surface area (Å²) < 4.78 is 5.47. The second kappa shape index (κ2) is 7.46. The fourth-order valence-corrected chi connectivity index (χ4v) is 2.85. The zero-order valence-corrected chi connectivity index (χ0v) is 14.3. The molecule has 0 unspecified atom stereocenters. The lowest BCUT2D eigenvalue weighted by Crippen LogP contribution is -2.52. The van der Waals surface area contributed by atoms with Crippen LogP contribution in [0.1, 0.15) is 18.5 Å². The maximum absolute atomic E-state index is 12.1. The van der Waals surface area contributed by atoms with Crippen LogP contribution in [0.5, 0.6) is 5.75 Å². The lowest BCUT2D eigenvalue weighted by molar-refractivity contribution is -0.134. The smallest absolute Gasteiger partial charge is 0.236 e. The number of hydrogen-bond acceptors (Lipinski definition) is 4. The van der Waals surface area contributed by atoms with Crippen molar-refractivity contribution in [2.24, 2.45) is 0 Å². The minimum Gasteiger partial charge on any atom is -0.496 e. The van der Waals surface area contributed by atoms with Crippen molar-refractivity contribution in [1.82, 2.24) is 14.7 Å². The Balaban J connectivity index is 2.29. The van der Waals surface area contributed by atoms with Crippen LogP contribution in [0.2, 0.25) is 0 Å². The fourth-order valence-electron chi connectivity index (χ4n) is 2.85. The third kappa shape index (κ3) is 4.01. The second-order valence-electron chi connectivity index (χ2n) is 5.98. The Morgan fingerprint density at radius 3 is 2.57 bits per heavy atom. The number of carbonyl (C=O) groups excluding carboxylic acids is 2. The number of carbonyl (C=O) groups is 2. The molecule has 1 aromatic rings. The van der Waals surface area contributed by atoms with E-state index >= 15 is 0 Å². The highest BCUT2D eigenvalue weighted by Crippen LogP contribution is 2.32. The predicted molar refractivity (Wildman–Crippen MR) is 88.3 cm³/mol. The van der Waals surface area contributed by atoms with E-state index in [1.165, 1.54) is 0 Å². The minimum absolute atomic E-state index is 0.0484. The van der Waals surface area contributed by atoms with Gasteiger partial charge in [-0.15, -0.1) is 0 Å². The predicted octanol–water partition coefficient (Wildman–Crippen LogP) is 0.989. The number of likely N-dealkylation sites (N-methyl/N-ethyl adjacent to an activating group) is 1. The van der Waals surface area contributed by atoms with E-state index in [1.54, 1.807) is 33.0 Å². The van der Waals surface area contributed by atoms with Crippen LogP contribution < -0.4 is 4.74 Å². The summed E-state index contributed by atoms with van der Waals surface area (Å²) in [5.41, 5.74) is 1.01. The van der Waals surface area contributed by atoms with Crippen LogP contribution in [0, 0.1) is 0 Å². The molecule has 6 nitrogen and oxygen atoms in total. The molecule has 2 rings (SSSR count). The number of amides is 2. The SMILES string of the molecule is COc1ccccc1[C@@H]1CN(C(C)=O)CCN1CC(=O)N(C)C. The van der Waals surface area contributed by atoms with Crippen molar-refractivity contribution in [1.29, 1.82) is 0 Å². The largest absolute Gasteiger partial charge is 0.496 e. The fraction of sp³-hybridized carbons (Fsp3) is 0.529. The van der Waals surface area contributed by atoms with Gasteiger partial charge >= 0.3 is 0 Å². The summed E-state index contributed by atoms with van der Waals surface area (Å²) in [5, 5.41) is 0. The minimum atomic E-state index is -0.0484. The van der Waals surface area contributed by atoms with Crippen LogP contribution in [0.4, 0.5) is 0 Å². The first kappa shape index (κ1) is 17.3. The first-order valence-electron chi connectivity index (χ1n) is 7.76. The number of rotatable bonds is 4. The van der Waals surface area contributed by atoms with Gasteiger partial charge in [-0.05, 0) is 6.07 Å². The molecule has 0 radical (unpaired) electrons. The van der Waals surface area contributed by atoms with Crippen molar-refractivity contribution in [3.05, 3.63) is 29.8 Å². The van der Waals surface area contributed by atoms with Gasteiger partial charge in [0.15, 0.2) is 0 Å². The monoisotopic (exact) mass is 319 g/mol. The van der Waals surface area contributed by atoms with Crippen molar-refractivity contribution in [2.45, 2.75) is 13.0 Å². The average Bonchev–Trinajstić information content (AvgIpc) is 2.54. The normalized spacial score (nSPS) is 18.6. The van der Waals surface area contributed by atoms with Crippen LogP contribution in [0.3, 0.4) is 0 Å². The Bertz CT molecular complexity index is 574. The van der Waals surface area contributed by atoms with E-state index < -0.39 is 0 Å². The van der Waals surface area contributed by atoms with Gasteiger partial charge in [-0.25, -0.2) is 0 Å². The maximum atomic E-state index is 12.1. The lowest BCUT2D eigenvalue weighted by atomic mass is 10.0. The summed E-state index contributed by atoms with van der Waals surface area (Å²) in [6, 6.07) is 7.74. The Morgan fingerprint density at radius 2 is 1.96 bits per heavy atom. The van der Waals surface area contributed by atoms with Crippen LogP contribution in [0.25, 0.3) is 0 Å². The molecule has 1 saturated heterocycles. The van der Waals surface area contributed by atoms with Gasteiger partial charge in [0.05, 0.1) is 19.7 Å². The molecule has 0 saturated carbocycles. The first-order valence-corrected chi connectivity index (χ1v) is 7.76. The molecule has 1 atom stereocenters.